The van der Waals surface area contributed by atoms with Gasteiger partial charge in [-0.25, -0.2) is 9.97 Å². The van der Waals surface area contributed by atoms with Gasteiger partial charge in [0, 0.05) is 35.8 Å². The minimum Gasteiger partial charge on any atom is -0.340 e. The molecule has 5 nitrogen and oxygen atoms in total. The molecular formula is C28H27F6N5. The maximum atomic E-state index is 13.6. The summed E-state index contributed by atoms with van der Waals surface area (Å²) in [7, 11) is 1.98. The minimum atomic E-state index is -4.59. The highest BCUT2D eigenvalue weighted by Gasteiger charge is 2.34. The number of likely N-dealkylation sites (N-methyl/N-ethyl adjacent to an activating group) is 1. The molecule has 0 atom stereocenters. The highest BCUT2D eigenvalue weighted by Crippen LogP contribution is 2.37. The van der Waals surface area contributed by atoms with Crippen LogP contribution in [-0.4, -0.2) is 40.0 Å². The third-order valence-corrected chi connectivity index (χ3v) is 6.22. The third kappa shape index (κ3) is 7.03. The molecule has 0 aliphatic carbocycles. The first kappa shape index (κ1) is 28.3. The fourth-order valence-corrected chi connectivity index (χ4v) is 4.11. The number of alkyl halides is 6. The number of aromatic nitrogens is 3. The molecule has 0 saturated carbocycles. The number of halogens is 6. The molecule has 0 unspecified atom stereocenters. The first-order chi connectivity index (χ1) is 18.5. The van der Waals surface area contributed by atoms with E-state index < -0.39 is 23.5 Å². The van der Waals surface area contributed by atoms with Gasteiger partial charge in [-0.05, 0) is 68.5 Å². The number of nitrogens with one attached hydrogen (secondary N) is 1. The summed E-state index contributed by atoms with van der Waals surface area (Å²) in [4.78, 5) is 15.3. The number of unbranched alkanes of at least 4 members (excludes halogenated alkanes) is 1. The Morgan fingerprint density at radius 1 is 0.872 bits per heavy atom. The Morgan fingerprint density at radius 2 is 1.62 bits per heavy atom. The van der Waals surface area contributed by atoms with Crippen LogP contribution in [0.2, 0.25) is 0 Å². The fraction of sp³-hybridized carbons (Fsp3) is 0.321. The molecule has 4 rings (SSSR count). The largest absolute Gasteiger partial charge is 0.418 e. The number of pyridine rings is 1. The maximum Gasteiger partial charge on any atom is 0.418 e. The van der Waals surface area contributed by atoms with Crippen LogP contribution in [0, 0.1) is 0 Å². The monoisotopic (exact) mass is 547 g/mol. The highest BCUT2D eigenvalue weighted by atomic mass is 19.4. The molecular weight excluding hydrogens is 520 g/mol. The van der Waals surface area contributed by atoms with Gasteiger partial charge in [-0.1, -0.05) is 19.4 Å². The van der Waals surface area contributed by atoms with Gasteiger partial charge >= 0.3 is 12.4 Å². The van der Waals surface area contributed by atoms with Gasteiger partial charge in [0.05, 0.1) is 22.3 Å². The molecule has 39 heavy (non-hydrogen) atoms. The van der Waals surface area contributed by atoms with Gasteiger partial charge in [-0.2, -0.15) is 26.3 Å². The summed E-state index contributed by atoms with van der Waals surface area (Å²) >= 11 is 0. The van der Waals surface area contributed by atoms with Crippen LogP contribution in [0.25, 0.3) is 22.2 Å². The summed E-state index contributed by atoms with van der Waals surface area (Å²) in [6, 6.07) is 11.3. The highest BCUT2D eigenvalue weighted by molar-refractivity contribution is 5.93. The molecule has 0 aliphatic heterocycles. The second-order valence-electron chi connectivity index (χ2n) is 9.22. The number of benzene rings is 2. The number of nitrogens with zero attached hydrogens (tertiary/aromatic N) is 4. The molecule has 0 spiro atoms. The number of anilines is 2. The minimum absolute atomic E-state index is 0.219. The fourth-order valence-electron chi connectivity index (χ4n) is 4.11. The molecule has 0 saturated heterocycles. The van der Waals surface area contributed by atoms with E-state index in [1.54, 1.807) is 6.07 Å². The van der Waals surface area contributed by atoms with Gasteiger partial charge < -0.3 is 10.2 Å². The van der Waals surface area contributed by atoms with E-state index in [1.165, 1.54) is 36.5 Å². The number of hydrogen-bond acceptors (Lipinski definition) is 5. The van der Waals surface area contributed by atoms with Gasteiger partial charge in [0.15, 0.2) is 0 Å². The van der Waals surface area contributed by atoms with Crippen molar-refractivity contribution in [2.45, 2.75) is 38.5 Å². The Morgan fingerprint density at radius 3 is 2.28 bits per heavy atom. The zero-order valence-electron chi connectivity index (χ0n) is 21.4. The quantitative estimate of drug-likeness (QED) is 0.217. The molecule has 2 aromatic heterocycles. The summed E-state index contributed by atoms with van der Waals surface area (Å²) in [5, 5.41) is 3.56. The van der Waals surface area contributed by atoms with Crippen LogP contribution in [0.3, 0.4) is 0 Å². The Bertz CT molecular complexity index is 1420. The summed E-state index contributed by atoms with van der Waals surface area (Å²) in [6.07, 6.45) is -5.20. The lowest BCUT2D eigenvalue weighted by atomic mass is 10.0. The van der Waals surface area contributed by atoms with Crippen LogP contribution >= 0.6 is 0 Å². The number of fused-ring (bicyclic) bond motifs is 1. The van der Waals surface area contributed by atoms with E-state index in [0.29, 0.717) is 41.2 Å². The molecule has 0 aliphatic rings. The lowest BCUT2D eigenvalue weighted by molar-refractivity contribution is -0.138. The van der Waals surface area contributed by atoms with E-state index in [0.717, 1.165) is 37.6 Å². The lowest BCUT2D eigenvalue weighted by Crippen LogP contribution is -2.23. The van der Waals surface area contributed by atoms with E-state index >= 15 is 0 Å². The predicted octanol–water partition coefficient (Wildman–Crippen LogP) is 7.75. The summed E-state index contributed by atoms with van der Waals surface area (Å²) in [5.74, 6) is 0.795. The smallest absolute Gasteiger partial charge is 0.340 e. The zero-order chi connectivity index (χ0) is 28.2. The SMILES string of the molecule is CCCCN(C)CCc1nc(Nc2ccc(C(F)(F)F)cc2)c2ccc(-c3ncccc3C(F)(F)F)cc2n1. The first-order valence-corrected chi connectivity index (χ1v) is 12.4. The molecule has 2 heterocycles. The normalized spacial score (nSPS) is 12.3. The predicted molar refractivity (Wildman–Crippen MR) is 139 cm³/mol. The second-order valence-corrected chi connectivity index (χ2v) is 9.22. The molecule has 206 valence electrons. The molecule has 1 N–H and O–H groups in total. The van der Waals surface area contributed by atoms with Crippen molar-refractivity contribution >= 4 is 22.4 Å². The standard InChI is InChI=1S/C28H27F6N5/c1-3-4-15-39(2)16-13-24-37-23-17-18(25-22(28(32,33)34)6-5-14-35-25)7-12-21(23)26(38-24)36-20-10-8-19(9-11-20)27(29,30)31/h5-12,14,17H,3-4,13,15-16H2,1-2H3,(H,36,37,38). The van der Waals surface area contributed by atoms with E-state index in [1.807, 2.05) is 7.05 Å². The van der Waals surface area contributed by atoms with Crippen LogP contribution < -0.4 is 5.32 Å². The average Bonchev–Trinajstić information content (AvgIpc) is 2.89. The van der Waals surface area contributed by atoms with Crippen LogP contribution in [-0.2, 0) is 18.8 Å². The third-order valence-electron chi connectivity index (χ3n) is 6.22. The van der Waals surface area contributed by atoms with Crippen molar-refractivity contribution in [3.63, 3.8) is 0 Å². The first-order valence-electron chi connectivity index (χ1n) is 12.4. The second kappa shape index (κ2) is 11.6. The average molecular weight is 548 g/mol. The van der Waals surface area contributed by atoms with Gasteiger partial charge in [-0.3, -0.25) is 4.98 Å². The molecule has 0 amide bonds. The van der Waals surface area contributed by atoms with Gasteiger partial charge in [0.1, 0.15) is 11.6 Å². The lowest BCUT2D eigenvalue weighted by Gasteiger charge is -2.17. The van der Waals surface area contributed by atoms with Crippen LogP contribution in [0.15, 0.2) is 60.8 Å². The molecule has 0 radical (unpaired) electrons. The van der Waals surface area contributed by atoms with Crippen molar-refractivity contribution in [1.29, 1.82) is 0 Å². The molecule has 0 fully saturated rings. The Hall–Kier alpha value is -3.73. The topological polar surface area (TPSA) is 53.9 Å². The Kier molecular flexibility index (Phi) is 8.39. The Labute approximate surface area is 221 Å². The van der Waals surface area contributed by atoms with Crippen molar-refractivity contribution in [2.24, 2.45) is 0 Å². The van der Waals surface area contributed by atoms with Crippen LogP contribution in [0.4, 0.5) is 37.8 Å². The molecule has 4 aromatic rings. The van der Waals surface area contributed by atoms with Crippen molar-refractivity contribution < 1.29 is 26.3 Å². The summed E-state index contributed by atoms with van der Waals surface area (Å²) in [5.41, 5.74) is -0.857. The summed E-state index contributed by atoms with van der Waals surface area (Å²) in [6.45, 7) is 3.65. The number of rotatable bonds is 9. The van der Waals surface area contributed by atoms with Gasteiger partial charge in [-0.15, -0.1) is 0 Å². The summed E-state index contributed by atoms with van der Waals surface area (Å²) < 4.78 is 79.9. The molecule has 2 aromatic carbocycles. The van der Waals surface area contributed by atoms with E-state index in [-0.39, 0.29) is 11.3 Å². The van der Waals surface area contributed by atoms with Crippen LogP contribution in [0.5, 0.6) is 0 Å². The van der Waals surface area contributed by atoms with E-state index in [4.69, 9.17) is 0 Å². The van der Waals surface area contributed by atoms with Crippen molar-refractivity contribution in [3.8, 4) is 11.3 Å². The molecule has 0 bridgehead atoms. The van der Waals surface area contributed by atoms with Crippen LogP contribution in [0.1, 0.15) is 36.7 Å². The van der Waals surface area contributed by atoms with Crippen molar-refractivity contribution in [2.75, 3.05) is 25.5 Å². The number of hydrogen-bond donors (Lipinski definition) is 1. The van der Waals surface area contributed by atoms with E-state index in [2.05, 4.69) is 32.1 Å². The van der Waals surface area contributed by atoms with Gasteiger partial charge in [0.25, 0.3) is 0 Å². The van der Waals surface area contributed by atoms with E-state index in [9.17, 15) is 26.3 Å². The maximum absolute atomic E-state index is 13.6. The zero-order valence-corrected chi connectivity index (χ0v) is 21.4. The molecule has 11 heteroatoms. The Balaban J connectivity index is 1.74. The van der Waals surface area contributed by atoms with Gasteiger partial charge in [0.2, 0.25) is 0 Å². The van der Waals surface area contributed by atoms with Crippen molar-refractivity contribution in [1.82, 2.24) is 19.9 Å². The van der Waals surface area contributed by atoms with Crippen molar-refractivity contribution in [3.05, 3.63) is 77.7 Å².